The summed E-state index contributed by atoms with van der Waals surface area (Å²) in [5, 5.41) is 24.1. The predicted molar refractivity (Wildman–Crippen MR) is 81.1 cm³/mol. The number of hydrogen-bond acceptors (Lipinski definition) is 5. The van der Waals surface area contributed by atoms with Gasteiger partial charge >= 0.3 is 0 Å². The Morgan fingerprint density at radius 1 is 1.00 bits per heavy atom. The first kappa shape index (κ1) is 15.6. The summed E-state index contributed by atoms with van der Waals surface area (Å²) in [5.74, 6) is 0.293. The molecule has 1 aromatic carbocycles. The van der Waals surface area contributed by atoms with Crippen molar-refractivity contribution >= 4 is 28.7 Å². The first-order valence-corrected chi connectivity index (χ1v) is 6.21. The quantitative estimate of drug-likeness (QED) is 0.382. The van der Waals surface area contributed by atoms with Crippen LogP contribution in [-0.4, -0.2) is 33.4 Å². The molecule has 2 N–H and O–H groups in total. The molecule has 0 aromatic heterocycles. The van der Waals surface area contributed by atoms with Crippen LogP contribution in [-0.2, 0) is 0 Å². The third kappa shape index (κ3) is 4.31. The summed E-state index contributed by atoms with van der Waals surface area (Å²) in [6.07, 6.45) is 0.480. The predicted octanol–water partition coefficient (Wildman–Crippen LogP) is 3.27. The van der Waals surface area contributed by atoms with Gasteiger partial charge in [-0.3, -0.25) is 0 Å². The fourth-order valence-corrected chi connectivity index (χ4v) is 1.36. The Hall–Kier alpha value is -2.50. The molecule has 6 nitrogen and oxygen atoms in total. The van der Waals surface area contributed by atoms with Gasteiger partial charge < -0.3 is 10.4 Å². The lowest BCUT2D eigenvalue weighted by Crippen LogP contribution is -2.16. The molecule has 0 atom stereocenters. The van der Waals surface area contributed by atoms with E-state index >= 15 is 0 Å². The number of benzene rings is 1. The van der Waals surface area contributed by atoms with Crippen molar-refractivity contribution in [2.24, 2.45) is 20.3 Å². The molecule has 1 aromatic rings. The molecule has 0 bridgehead atoms. The van der Waals surface area contributed by atoms with Crippen LogP contribution in [0.2, 0.25) is 0 Å². The second-order valence-corrected chi connectivity index (χ2v) is 4.05. The smallest absolute Gasteiger partial charge is 0.178 e. The summed E-state index contributed by atoms with van der Waals surface area (Å²) >= 11 is 0. The summed E-state index contributed by atoms with van der Waals surface area (Å²) in [4.78, 5) is 8.63. The van der Waals surface area contributed by atoms with Crippen LogP contribution in [0.3, 0.4) is 0 Å². The average Bonchev–Trinajstić information content (AvgIpc) is 2.48. The molecule has 6 heteroatoms. The fourth-order valence-electron chi connectivity index (χ4n) is 1.36. The van der Waals surface area contributed by atoms with Crippen LogP contribution in [0.1, 0.15) is 27.2 Å². The molecular formula is C14H18N4O2. The van der Waals surface area contributed by atoms with Gasteiger partial charge in [-0.25, -0.2) is 9.98 Å². The van der Waals surface area contributed by atoms with Crippen LogP contribution in [0.4, 0.5) is 5.69 Å². The minimum absolute atomic E-state index is 0.293. The number of oxime groups is 2. The molecule has 0 unspecified atom stereocenters. The molecule has 0 saturated carbocycles. The highest BCUT2D eigenvalue weighted by molar-refractivity contribution is 6.49. The van der Waals surface area contributed by atoms with Crippen molar-refractivity contribution in [3.63, 3.8) is 0 Å². The lowest BCUT2D eigenvalue weighted by atomic mass is 10.2. The van der Waals surface area contributed by atoms with E-state index in [-0.39, 0.29) is 0 Å². The number of aliphatic imine (C=N–C) groups is 2. The fraction of sp³-hybridized carbons (Fsp3) is 0.286. The zero-order valence-corrected chi connectivity index (χ0v) is 11.8. The molecule has 0 radical (unpaired) electrons. The average molecular weight is 274 g/mol. The van der Waals surface area contributed by atoms with Crippen molar-refractivity contribution in [3.05, 3.63) is 30.3 Å². The Morgan fingerprint density at radius 3 is 2.15 bits per heavy atom. The molecule has 20 heavy (non-hydrogen) atoms. The minimum atomic E-state index is 0.293. The molecular weight excluding hydrogens is 256 g/mol. The Kier molecular flexibility index (Phi) is 6.09. The first-order valence-electron chi connectivity index (χ1n) is 6.21. The topological polar surface area (TPSA) is 89.9 Å². The highest BCUT2D eigenvalue weighted by atomic mass is 16.4. The van der Waals surface area contributed by atoms with E-state index in [0.717, 1.165) is 0 Å². The van der Waals surface area contributed by atoms with Gasteiger partial charge in [0.15, 0.2) is 5.84 Å². The molecule has 0 fully saturated rings. The molecule has 0 aliphatic carbocycles. The van der Waals surface area contributed by atoms with Crippen LogP contribution in [0, 0.1) is 0 Å². The summed E-state index contributed by atoms with van der Waals surface area (Å²) in [6.45, 7) is 5.16. The van der Waals surface area contributed by atoms with E-state index in [1.807, 2.05) is 37.3 Å². The van der Waals surface area contributed by atoms with Crippen molar-refractivity contribution in [2.75, 3.05) is 0 Å². The Bertz CT molecular complexity index is 560. The van der Waals surface area contributed by atoms with Crippen molar-refractivity contribution in [2.45, 2.75) is 27.2 Å². The normalized spacial score (nSPS) is 14.6. The highest BCUT2D eigenvalue weighted by Gasteiger charge is 2.09. The van der Waals surface area contributed by atoms with E-state index in [2.05, 4.69) is 20.3 Å². The largest absolute Gasteiger partial charge is 0.411 e. The van der Waals surface area contributed by atoms with Gasteiger partial charge in [0, 0.05) is 0 Å². The standard InChI is InChI=1S/C14H18N4O2/c1-4-13(18-20)14(15-10(2)11(3)17-19)16-12-8-6-5-7-9-12/h5-9,19-20H,4H2,1-3H3/b15-10?,16-14?,17-11+,18-13+. The number of para-hydroxylation sites is 1. The van der Waals surface area contributed by atoms with Crippen molar-refractivity contribution in [1.82, 2.24) is 0 Å². The maximum atomic E-state index is 9.04. The molecule has 0 aliphatic rings. The monoisotopic (exact) mass is 274 g/mol. The SMILES string of the molecule is CC/C(=N\O)C(N=C(C)/C(C)=N/O)=Nc1ccccc1. The van der Waals surface area contributed by atoms with Gasteiger partial charge in [0.2, 0.25) is 0 Å². The van der Waals surface area contributed by atoms with Gasteiger partial charge in [0.1, 0.15) is 5.71 Å². The van der Waals surface area contributed by atoms with Gasteiger partial charge in [-0.2, -0.15) is 0 Å². The Labute approximate surface area is 117 Å². The van der Waals surface area contributed by atoms with E-state index in [9.17, 15) is 0 Å². The molecule has 106 valence electrons. The number of hydrogen-bond donors (Lipinski definition) is 2. The van der Waals surface area contributed by atoms with Gasteiger partial charge in [0.25, 0.3) is 0 Å². The van der Waals surface area contributed by atoms with Crippen LogP contribution in [0.25, 0.3) is 0 Å². The van der Waals surface area contributed by atoms with E-state index in [1.54, 1.807) is 13.8 Å². The summed E-state index contributed by atoms with van der Waals surface area (Å²) in [7, 11) is 0. The van der Waals surface area contributed by atoms with Crippen LogP contribution in [0.15, 0.2) is 50.6 Å². The maximum Gasteiger partial charge on any atom is 0.178 e. The molecule has 0 amide bonds. The number of nitrogens with zero attached hydrogens (tertiary/aromatic N) is 4. The second-order valence-electron chi connectivity index (χ2n) is 4.05. The summed E-state index contributed by atoms with van der Waals surface area (Å²) < 4.78 is 0. The lowest BCUT2D eigenvalue weighted by Gasteiger charge is -2.04. The van der Waals surface area contributed by atoms with Gasteiger partial charge in [-0.1, -0.05) is 35.4 Å². The van der Waals surface area contributed by atoms with E-state index in [1.165, 1.54) is 0 Å². The van der Waals surface area contributed by atoms with E-state index < -0.39 is 0 Å². The zero-order valence-electron chi connectivity index (χ0n) is 11.8. The Morgan fingerprint density at radius 2 is 1.65 bits per heavy atom. The van der Waals surface area contributed by atoms with Crippen molar-refractivity contribution in [3.8, 4) is 0 Å². The Balaban J connectivity index is 3.27. The molecule has 0 saturated heterocycles. The van der Waals surface area contributed by atoms with Crippen molar-refractivity contribution < 1.29 is 10.4 Å². The number of rotatable bonds is 4. The lowest BCUT2D eigenvalue weighted by molar-refractivity contribution is 0.319. The van der Waals surface area contributed by atoms with E-state index in [0.29, 0.717) is 35.1 Å². The summed E-state index contributed by atoms with van der Waals surface area (Å²) in [5.41, 5.74) is 1.93. The van der Waals surface area contributed by atoms with E-state index in [4.69, 9.17) is 10.4 Å². The van der Waals surface area contributed by atoms with Gasteiger partial charge in [0.05, 0.1) is 17.1 Å². The van der Waals surface area contributed by atoms with Gasteiger partial charge in [-0.05, 0) is 32.4 Å². The van der Waals surface area contributed by atoms with Gasteiger partial charge in [-0.15, -0.1) is 0 Å². The highest BCUT2D eigenvalue weighted by Crippen LogP contribution is 2.12. The number of amidine groups is 1. The first-order chi connectivity index (χ1) is 9.62. The third-order valence-corrected chi connectivity index (χ3v) is 2.65. The molecule has 0 heterocycles. The molecule has 1 rings (SSSR count). The minimum Gasteiger partial charge on any atom is -0.411 e. The van der Waals surface area contributed by atoms with Crippen LogP contribution >= 0.6 is 0 Å². The summed E-state index contributed by atoms with van der Waals surface area (Å²) in [6, 6.07) is 9.24. The van der Waals surface area contributed by atoms with Crippen LogP contribution in [0.5, 0.6) is 0 Å². The van der Waals surface area contributed by atoms with Crippen LogP contribution < -0.4 is 0 Å². The van der Waals surface area contributed by atoms with Crippen molar-refractivity contribution in [1.29, 1.82) is 0 Å². The molecule has 0 aliphatic heterocycles. The third-order valence-electron chi connectivity index (χ3n) is 2.65. The zero-order chi connectivity index (χ0) is 15.0. The second kappa shape index (κ2) is 7.83. The molecule has 0 spiro atoms. The maximum absolute atomic E-state index is 9.04.